The van der Waals surface area contributed by atoms with Gasteiger partial charge in [0.1, 0.15) is 10.8 Å². The molecule has 0 fully saturated rings. The molecule has 1 heterocycles. The normalized spacial score (nSPS) is 11.7. The van der Waals surface area contributed by atoms with Crippen molar-refractivity contribution in [3.05, 3.63) is 78.4 Å². The Morgan fingerprint density at radius 1 is 1.00 bits per heavy atom. The summed E-state index contributed by atoms with van der Waals surface area (Å²) in [6.45, 7) is 3.88. The van der Waals surface area contributed by atoms with Gasteiger partial charge < -0.3 is 14.8 Å². The van der Waals surface area contributed by atoms with E-state index in [0.29, 0.717) is 29.2 Å². The van der Waals surface area contributed by atoms with E-state index in [2.05, 4.69) is 10.3 Å². The van der Waals surface area contributed by atoms with Gasteiger partial charge in [0.25, 0.3) is 5.91 Å². The van der Waals surface area contributed by atoms with Crippen molar-refractivity contribution >= 4 is 39.1 Å². The summed E-state index contributed by atoms with van der Waals surface area (Å²) in [6.07, 6.45) is -0.999. The molecule has 1 aromatic heterocycles. The Morgan fingerprint density at radius 3 is 2.53 bits per heavy atom. The number of para-hydroxylation sites is 3. The summed E-state index contributed by atoms with van der Waals surface area (Å²) in [5.41, 5.74) is 2.43. The molecule has 6 nitrogen and oxygen atoms in total. The number of aromatic nitrogens is 1. The highest BCUT2D eigenvalue weighted by atomic mass is 32.1. The standard InChI is InChI=1S/C25H22N2O4S/c1-3-30-21-14-8-6-12-19(21)26-23(28)16(2)31-25(29)18-11-5-4-10-17(18)24-27-20-13-7-9-15-22(20)32-24/h4-16H,3H2,1-2H3,(H,26,28). The van der Waals surface area contributed by atoms with Crippen molar-refractivity contribution in [2.45, 2.75) is 20.0 Å². The Morgan fingerprint density at radius 2 is 1.72 bits per heavy atom. The van der Waals surface area contributed by atoms with Crippen LogP contribution >= 0.6 is 11.3 Å². The number of thiazole rings is 1. The van der Waals surface area contributed by atoms with E-state index in [1.165, 1.54) is 18.3 Å². The van der Waals surface area contributed by atoms with E-state index >= 15 is 0 Å². The zero-order valence-corrected chi connectivity index (χ0v) is 18.5. The molecule has 0 aliphatic rings. The molecule has 0 bridgehead atoms. The highest BCUT2D eigenvalue weighted by Crippen LogP contribution is 2.32. The predicted molar refractivity (Wildman–Crippen MR) is 126 cm³/mol. The second kappa shape index (κ2) is 9.62. The van der Waals surface area contributed by atoms with Crippen LogP contribution in [0.5, 0.6) is 5.75 Å². The number of carbonyl (C=O) groups is 2. The van der Waals surface area contributed by atoms with Crippen LogP contribution in [0.1, 0.15) is 24.2 Å². The number of nitrogens with zero attached hydrogens (tertiary/aromatic N) is 1. The van der Waals surface area contributed by atoms with Crippen molar-refractivity contribution in [3.63, 3.8) is 0 Å². The third kappa shape index (κ3) is 4.63. The monoisotopic (exact) mass is 446 g/mol. The van der Waals surface area contributed by atoms with E-state index in [-0.39, 0.29) is 0 Å². The Labute approximate surface area is 189 Å². The van der Waals surface area contributed by atoms with Gasteiger partial charge in [-0.1, -0.05) is 42.5 Å². The highest BCUT2D eigenvalue weighted by molar-refractivity contribution is 7.21. The maximum absolute atomic E-state index is 12.9. The number of esters is 1. The number of carbonyl (C=O) groups excluding carboxylic acids is 2. The molecule has 0 saturated carbocycles. The maximum atomic E-state index is 12.9. The van der Waals surface area contributed by atoms with Gasteiger partial charge in [-0.3, -0.25) is 4.79 Å². The van der Waals surface area contributed by atoms with E-state index in [4.69, 9.17) is 9.47 Å². The number of hydrogen-bond acceptors (Lipinski definition) is 6. The first-order valence-electron chi connectivity index (χ1n) is 10.3. The lowest BCUT2D eigenvalue weighted by Gasteiger charge is -2.16. The Kier molecular flexibility index (Phi) is 6.47. The summed E-state index contributed by atoms with van der Waals surface area (Å²) in [5, 5.41) is 3.49. The number of nitrogens with one attached hydrogen (secondary N) is 1. The molecule has 0 radical (unpaired) electrons. The molecule has 0 spiro atoms. The average Bonchev–Trinajstić information content (AvgIpc) is 3.24. The van der Waals surface area contributed by atoms with Crippen LogP contribution in [0.15, 0.2) is 72.8 Å². The van der Waals surface area contributed by atoms with Gasteiger partial charge in [0.05, 0.1) is 28.1 Å². The SMILES string of the molecule is CCOc1ccccc1NC(=O)C(C)OC(=O)c1ccccc1-c1nc2ccccc2s1. The van der Waals surface area contributed by atoms with Crippen LogP contribution in [0.2, 0.25) is 0 Å². The average molecular weight is 447 g/mol. The van der Waals surface area contributed by atoms with Crippen LogP contribution in [0.4, 0.5) is 5.69 Å². The third-order valence-electron chi connectivity index (χ3n) is 4.77. The third-order valence-corrected chi connectivity index (χ3v) is 5.84. The van der Waals surface area contributed by atoms with Crippen molar-refractivity contribution in [1.82, 2.24) is 4.98 Å². The fraction of sp³-hybridized carbons (Fsp3) is 0.160. The molecule has 0 aliphatic carbocycles. The number of ether oxygens (including phenoxy) is 2. The van der Waals surface area contributed by atoms with Crippen molar-refractivity contribution in [3.8, 4) is 16.3 Å². The molecule has 1 amide bonds. The number of amides is 1. The predicted octanol–water partition coefficient (Wildman–Crippen LogP) is 5.55. The first kappa shape index (κ1) is 21.5. The largest absolute Gasteiger partial charge is 0.492 e. The number of benzene rings is 3. The molecule has 1 unspecified atom stereocenters. The van der Waals surface area contributed by atoms with E-state index in [1.54, 1.807) is 30.3 Å². The molecular weight excluding hydrogens is 424 g/mol. The Hall–Kier alpha value is -3.71. The van der Waals surface area contributed by atoms with E-state index in [9.17, 15) is 9.59 Å². The van der Waals surface area contributed by atoms with E-state index in [1.807, 2.05) is 49.4 Å². The van der Waals surface area contributed by atoms with Gasteiger partial charge in [0.2, 0.25) is 0 Å². The van der Waals surface area contributed by atoms with Crippen LogP contribution in [0.3, 0.4) is 0 Å². The van der Waals surface area contributed by atoms with Gasteiger partial charge in [0, 0.05) is 5.56 Å². The fourth-order valence-corrected chi connectivity index (χ4v) is 4.20. The van der Waals surface area contributed by atoms with Crippen LogP contribution in [0, 0.1) is 0 Å². The molecule has 3 aromatic carbocycles. The Balaban J connectivity index is 1.51. The smallest absolute Gasteiger partial charge is 0.339 e. The van der Waals surface area contributed by atoms with E-state index in [0.717, 1.165) is 15.2 Å². The van der Waals surface area contributed by atoms with Gasteiger partial charge in [0.15, 0.2) is 6.10 Å². The molecule has 32 heavy (non-hydrogen) atoms. The number of fused-ring (bicyclic) bond motifs is 1. The first-order valence-corrected chi connectivity index (χ1v) is 11.1. The van der Waals surface area contributed by atoms with Gasteiger partial charge in [-0.15, -0.1) is 11.3 Å². The van der Waals surface area contributed by atoms with Crippen LogP contribution in [-0.4, -0.2) is 29.6 Å². The van der Waals surface area contributed by atoms with Crippen molar-refractivity contribution in [2.75, 3.05) is 11.9 Å². The van der Waals surface area contributed by atoms with Gasteiger partial charge >= 0.3 is 5.97 Å². The second-order valence-electron chi connectivity index (χ2n) is 7.00. The lowest BCUT2D eigenvalue weighted by molar-refractivity contribution is -0.123. The molecule has 4 rings (SSSR count). The molecule has 4 aromatic rings. The minimum absolute atomic E-state index is 0.362. The molecule has 7 heteroatoms. The van der Waals surface area contributed by atoms with Crippen molar-refractivity contribution < 1.29 is 19.1 Å². The fourth-order valence-electron chi connectivity index (χ4n) is 3.20. The minimum Gasteiger partial charge on any atom is -0.492 e. The number of hydrogen-bond donors (Lipinski definition) is 1. The van der Waals surface area contributed by atoms with Crippen molar-refractivity contribution in [1.29, 1.82) is 0 Å². The van der Waals surface area contributed by atoms with Crippen molar-refractivity contribution in [2.24, 2.45) is 0 Å². The minimum atomic E-state index is -0.999. The topological polar surface area (TPSA) is 77.5 Å². The molecule has 0 aliphatic heterocycles. The first-order chi connectivity index (χ1) is 15.6. The molecule has 1 N–H and O–H groups in total. The molecule has 162 valence electrons. The van der Waals surface area contributed by atoms with Gasteiger partial charge in [-0.2, -0.15) is 0 Å². The summed E-state index contributed by atoms with van der Waals surface area (Å²) in [5.74, 6) is -0.466. The van der Waals surface area contributed by atoms with Crippen LogP contribution in [-0.2, 0) is 9.53 Å². The zero-order valence-electron chi connectivity index (χ0n) is 17.7. The van der Waals surface area contributed by atoms with Gasteiger partial charge in [-0.25, -0.2) is 9.78 Å². The van der Waals surface area contributed by atoms with E-state index < -0.39 is 18.0 Å². The maximum Gasteiger partial charge on any atom is 0.339 e. The Bertz CT molecular complexity index is 1230. The summed E-state index contributed by atoms with van der Waals surface area (Å²) in [4.78, 5) is 30.2. The summed E-state index contributed by atoms with van der Waals surface area (Å²) in [7, 11) is 0. The lowest BCUT2D eigenvalue weighted by atomic mass is 10.1. The number of anilines is 1. The quantitative estimate of drug-likeness (QED) is 0.377. The second-order valence-corrected chi connectivity index (χ2v) is 8.03. The highest BCUT2D eigenvalue weighted by Gasteiger charge is 2.23. The number of rotatable bonds is 7. The molecule has 0 saturated heterocycles. The van der Waals surface area contributed by atoms with Gasteiger partial charge in [-0.05, 0) is 44.2 Å². The molecule has 1 atom stereocenters. The van der Waals surface area contributed by atoms with Crippen LogP contribution in [0.25, 0.3) is 20.8 Å². The summed E-state index contributed by atoms with van der Waals surface area (Å²) < 4.78 is 12.1. The summed E-state index contributed by atoms with van der Waals surface area (Å²) >= 11 is 1.50. The molecular formula is C25H22N2O4S. The lowest BCUT2D eigenvalue weighted by Crippen LogP contribution is -2.30. The summed E-state index contributed by atoms with van der Waals surface area (Å²) in [6, 6.07) is 22.0. The van der Waals surface area contributed by atoms with Crippen LogP contribution < -0.4 is 10.1 Å². The zero-order chi connectivity index (χ0) is 22.5.